The van der Waals surface area contributed by atoms with Crippen molar-refractivity contribution in [2.75, 3.05) is 7.05 Å². The molecule has 0 bridgehead atoms. The van der Waals surface area contributed by atoms with E-state index in [-0.39, 0.29) is 17.4 Å². The molecule has 1 aliphatic carbocycles. The lowest BCUT2D eigenvalue weighted by atomic mass is 9.96. The first-order valence-electron chi connectivity index (χ1n) is 7.18. The fraction of sp³-hybridized carbons (Fsp3) is 0.533. The number of benzene rings is 1. The van der Waals surface area contributed by atoms with Crippen LogP contribution in [-0.2, 0) is 15.8 Å². The van der Waals surface area contributed by atoms with Crippen LogP contribution in [-0.4, -0.2) is 36.9 Å². The molecule has 0 saturated heterocycles. The number of aromatic carboxylic acids is 1. The molecule has 1 aromatic rings. The largest absolute Gasteiger partial charge is 0.478 e. The summed E-state index contributed by atoms with van der Waals surface area (Å²) in [5.41, 5.74) is 0.777. The number of rotatable bonds is 5. The molecule has 1 aliphatic rings. The van der Waals surface area contributed by atoms with Crippen LogP contribution in [0.1, 0.15) is 48.0 Å². The van der Waals surface area contributed by atoms with Crippen molar-refractivity contribution in [3.63, 3.8) is 0 Å². The Morgan fingerprint density at radius 1 is 1.19 bits per heavy atom. The zero-order valence-electron chi connectivity index (χ0n) is 12.2. The molecule has 1 N–H and O–H groups in total. The molecule has 0 heterocycles. The predicted octanol–water partition coefficient (Wildman–Crippen LogP) is 2.48. The molecular weight excluding hydrogens is 290 g/mol. The Hall–Kier alpha value is -1.40. The molecular formula is C15H21NO4S. The SMILES string of the molecule is CN(C1CCCCC1)S(=O)(=O)Cc1ccc(C(=O)O)cc1. The summed E-state index contributed by atoms with van der Waals surface area (Å²) in [5.74, 6) is -1.09. The summed E-state index contributed by atoms with van der Waals surface area (Å²) in [6.07, 6.45) is 5.19. The fourth-order valence-electron chi connectivity index (χ4n) is 2.73. The van der Waals surface area contributed by atoms with Gasteiger partial charge in [0.05, 0.1) is 11.3 Å². The summed E-state index contributed by atoms with van der Waals surface area (Å²) < 4.78 is 26.4. The average Bonchev–Trinajstić information content (AvgIpc) is 2.47. The highest BCUT2D eigenvalue weighted by Crippen LogP contribution is 2.24. The van der Waals surface area contributed by atoms with Gasteiger partial charge in [0.25, 0.3) is 0 Å². The van der Waals surface area contributed by atoms with Gasteiger partial charge >= 0.3 is 5.97 Å². The van der Waals surface area contributed by atoms with Crippen molar-refractivity contribution >= 4 is 16.0 Å². The van der Waals surface area contributed by atoms with Crippen LogP contribution in [0.15, 0.2) is 24.3 Å². The summed E-state index contributed by atoms with van der Waals surface area (Å²) in [7, 11) is -1.71. The molecule has 0 amide bonds. The van der Waals surface area contributed by atoms with Gasteiger partial charge in [-0.1, -0.05) is 31.4 Å². The predicted molar refractivity (Wildman–Crippen MR) is 80.7 cm³/mol. The second-order valence-corrected chi connectivity index (χ2v) is 7.59. The molecule has 1 fully saturated rings. The highest BCUT2D eigenvalue weighted by atomic mass is 32.2. The third-order valence-electron chi connectivity index (χ3n) is 4.08. The molecule has 0 unspecified atom stereocenters. The third kappa shape index (κ3) is 4.04. The van der Waals surface area contributed by atoms with Crippen molar-refractivity contribution in [1.82, 2.24) is 4.31 Å². The van der Waals surface area contributed by atoms with Gasteiger partial charge in [0, 0.05) is 13.1 Å². The maximum absolute atomic E-state index is 12.4. The van der Waals surface area contributed by atoms with Gasteiger partial charge in [-0.3, -0.25) is 0 Å². The number of hydrogen-bond acceptors (Lipinski definition) is 3. The normalized spacial score (nSPS) is 17.0. The van der Waals surface area contributed by atoms with E-state index in [0.717, 1.165) is 25.7 Å². The molecule has 5 nitrogen and oxygen atoms in total. The first kappa shape index (κ1) is 16.0. The van der Waals surface area contributed by atoms with Crippen LogP contribution in [0.3, 0.4) is 0 Å². The highest BCUT2D eigenvalue weighted by molar-refractivity contribution is 7.88. The molecule has 0 aromatic heterocycles. The Balaban J connectivity index is 2.07. The Bertz CT molecular complexity index is 589. The van der Waals surface area contributed by atoms with Gasteiger partial charge in [-0.15, -0.1) is 0 Å². The fourth-order valence-corrected chi connectivity index (χ4v) is 4.21. The average molecular weight is 311 g/mol. The van der Waals surface area contributed by atoms with Crippen LogP contribution in [0.5, 0.6) is 0 Å². The molecule has 0 spiro atoms. The van der Waals surface area contributed by atoms with E-state index in [1.165, 1.54) is 22.9 Å². The van der Waals surface area contributed by atoms with E-state index in [1.807, 2.05) is 0 Å². The standard InChI is InChI=1S/C15H21NO4S/c1-16(14-5-3-2-4-6-14)21(19,20)11-12-7-9-13(10-8-12)15(17)18/h7-10,14H,2-6,11H2,1H3,(H,17,18). The summed E-state index contributed by atoms with van der Waals surface area (Å²) in [6, 6.07) is 6.11. The first-order chi connectivity index (χ1) is 9.90. The van der Waals surface area contributed by atoms with Crippen molar-refractivity contribution in [3.8, 4) is 0 Å². The number of carboxylic acids is 1. The van der Waals surface area contributed by atoms with Gasteiger partial charge < -0.3 is 5.11 Å². The van der Waals surface area contributed by atoms with E-state index < -0.39 is 16.0 Å². The van der Waals surface area contributed by atoms with Gasteiger partial charge in [-0.05, 0) is 30.5 Å². The van der Waals surface area contributed by atoms with Gasteiger partial charge in [0.15, 0.2) is 0 Å². The van der Waals surface area contributed by atoms with Crippen LogP contribution in [0.25, 0.3) is 0 Å². The number of carboxylic acid groups (broad SMARTS) is 1. The lowest BCUT2D eigenvalue weighted by molar-refractivity contribution is 0.0697. The lowest BCUT2D eigenvalue weighted by Gasteiger charge is -2.30. The van der Waals surface area contributed by atoms with Gasteiger partial charge in [0.2, 0.25) is 10.0 Å². The molecule has 2 rings (SSSR count). The minimum Gasteiger partial charge on any atom is -0.478 e. The molecule has 0 atom stereocenters. The van der Waals surface area contributed by atoms with Crippen molar-refractivity contribution in [3.05, 3.63) is 35.4 Å². The van der Waals surface area contributed by atoms with Crippen LogP contribution < -0.4 is 0 Å². The maximum Gasteiger partial charge on any atom is 0.335 e. The molecule has 0 radical (unpaired) electrons. The smallest absolute Gasteiger partial charge is 0.335 e. The van der Waals surface area contributed by atoms with Crippen LogP contribution in [0.4, 0.5) is 0 Å². The van der Waals surface area contributed by atoms with Crippen molar-refractivity contribution in [1.29, 1.82) is 0 Å². The molecule has 6 heteroatoms. The Kier molecular flexibility index (Phi) is 5.00. The Morgan fingerprint density at radius 3 is 2.29 bits per heavy atom. The zero-order chi connectivity index (χ0) is 15.5. The molecule has 116 valence electrons. The van der Waals surface area contributed by atoms with Crippen LogP contribution in [0, 0.1) is 0 Å². The third-order valence-corrected chi connectivity index (χ3v) is 5.95. The summed E-state index contributed by atoms with van der Waals surface area (Å²) in [6.45, 7) is 0. The molecule has 1 saturated carbocycles. The second kappa shape index (κ2) is 6.58. The van der Waals surface area contributed by atoms with E-state index in [0.29, 0.717) is 5.56 Å². The Morgan fingerprint density at radius 2 is 1.76 bits per heavy atom. The highest BCUT2D eigenvalue weighted by Gasteiger charge is 2.27. The Labute approximate surface area is 125 Å². The van der Waals surface area contributed by atoms with Crippen molar-refractivity contribution < 1.29 is 18.3 Å². The van der Waals surface area contributed by atoms with E-state index >= 15 is 0 Å². The second-order valence-electron chi connectivity index (χ2n) is 5.57. The van der Waals surface area contributed by atoms with E-state index in [4.69, 9.17) is 5.11 Å². The van der Waals surface area contributed by atoms with E-state index in [2.05, 4.69) is 0 Å². The number of carbonyl (C=O) groups is 1. The summed E-state index contributed by atoms with van der Waals surface area (Å²) >= 11 is 0. The number of sulfonamides is 1. The van der Waals surface area contributed by atoms with Crippen LogP contribution in [0.2, 0.25) is 0 Å². The summed E-state index contributed by atoms with van der Waals surface area (Å²) in [4.78, 5) is 10.8. The first-order valence-corrected chi connectivity index (χ1v) is 8.79. The van der Waals surface area contributed by atoms with Crippen molar-refractivity contribution in [2.24, 2.45) is 0 Å². The van der Waals surface area contributed by atoms with Gasteiger partial charge in [-0.2, -0.15) is 0 Å². The van der Waals surface area contributed by atoms with E-state index in [1.54, 1.807) is 19.2 Å². The minimum absolute atomic E-state index is 0.0834. The minimum atomic E-state index is -3.36. The van der Waals surface area contributed by atoms with Crippen LogP contribution >= 0.6 is 0 Å². The van der Waals surface area contributed by atoms with E-state index in [9.17, 15) is 13.2 Å². The van der Waals surface area contributed by atoms with Crippen molar-refractivity contribution in [2.45, 2.75) is 43.9 Å². The monoisotopic (exact) mass is 311 g/mol. The molecule has 21 heavy (non-hydrogen) atoms. The molecule has 0 aliphatic heterocycles. The maximum atomic E-state index is 12.4. The number of nitrogens with zero attached hydrogens (tertiary/aromatic N) is 1. The lowest BCUT2D eigenvalue weighted by Crippen LogP contribution is -2.38. The number of hydrogen-bond donors (Lipinski definition) is 1. The topological polar surface area (TPSA) is 74.7 Å². The van der Waals surface area contributed by atoms with Gasteiger partial charge in [-0.25, -0.2) is 17.5 Å². The quantitative estimate of drug-likeness (QED) is 0.906. The molecule has 1 aromatic carbocycles. The van der Waals surface area contributed by atoms with Gasteiger partial charge in [0.1, 0.15) is 0 Å². The summed E-state index contributed by atoms with van der Waals surface area (Å²) in [5, 5.41) is 8.84. The zero-order valence-corrected chi connectivity index (χ0v) is 13.0.